The van der Waals surface area contributed by atoms with Crippen molar-refractivity contribution in [2.45, 2.75) is 13.0 Å². The number of nitrogens with one attached hydrogen (secondary N) is 2. The maximum atomic E-state index is 13.4. The fraction of sp³-hybridized carbons (Fsp3) is 0.207. The van der Waals surface area contributed by atoms with Gasteiger partial charge in [0, 0.05) is 31.9 Å². The van der Waals surface area contributed by atoms with Gasteiger partial charge in [0.05, 0.1) is 11.7 Å². The van der Waals surface area contributed by atoms with Crippen LogP contribution in [0.4, 0.5) is 15.6 Å². The molecule has 3 amide bonds. The number of thiazole rings is 1. The molecule has 0 radical (unpaired) electrons. The number of hydrogen-bond acceptors (Lipinski definition) is 5. The zero-order valence-corrected chi connectivity index (χ0v) is 21.4. The molecule has 0 unspecified atom stereocenters. The third-order valence-electron chi connectivity index (χ3n) is 6.44. The van der Waals surface area contributed by atoms with E-state index in [1.54, 1.807) is 19.1 Å². The molecule has 2 N–H and O–H groups in total. The summed E-state index contributed by atoms with van der Waals surface area (Å²) in [6.07, 6.45) is 0. The standard InChI is InChI=1S/C29H29N5O2S/c1-21-26(37-29(30-21)32-28(36)31-24-15-9-4-10-16-24)27(35)34-19-17-33(18-20-34)25(22-11-5-2-6-12-22)23-13-7-3-8-14-23/h2-16,25H,17-20H2,1H3,(H2,30,31,32,36). The van der Waals surface area contributed by atoms with Crippen molar-refractivity contribution < 1.29 is 9.59 Å². The number of para-hydroxylation sites is 1. The van der Waals surface area contributed by atoms with Crippen LogP contribution in [0.2, 0.25) is 0 Å². The summed E-state index contributed by atoms with van der Waals surface area (Å²) in [5, 5.41) is 5.92. The number of piperazine rings is 1. The fourth-order valence-electron chi connectivity index (χ4n) is 4.64. The van der Waals surface area contributed by atoms with Crippen molar-refractivity contribution in [3.05, 3.63) is 113 Å². The Bertz CT molecular complexity index is 1300. The molecule has 37 heavy (non-hydrogen) atoms. The number of aromatic nitrogens is 1. The second-order valence-corrected chi connectivity index (χ2v) is 9.93. The summed E-state index contributed by atoms with van der Waals surface area (Å²) in [6, 6.07) is 30.0. The largest absolute Gasteiger partial charge is 0.335 e. The number of benzene rings is 3. The van der Waals surface area contributed by atoms with E-state index < -0.39 is 0 Å². The Labute approximate surface area is 220 Å². The van der Waals surface area contributed by atoms with Crippen molar-refractivity contribution in [1.29, 1.82) is 0 Å². The van der Waals surface area contributed by atoms with Crippen molar-refractivity contribution >= 4 is 34.1 Å². The zero-order valence-electron chi connectivity index (χ0n) is 20.6. The number of hydrogen-bond donors (Lipinski definition) is 2. The predicted molar refractivity (Wildman–Crippen MR) is 148 cm³/mol. The summed E-state index contributed by atoms with van der Waals surface area (Å²) in [6.45, 7) is 4.60. The second-order valence-electron chi connectivity index (χ2n) is 8.93. The molecular formula is C29H29N5O2S. The number of nitrogens with zero attached hydrogens (tertiary/aromatic N) is 3. The summed E-state index contributed by atoms with van der Waals surface area (Å²) >= 11 is 1.21. The molecule has 7 nitrogen and oxygen atoms in total. The highest BCUT2D eigenvalue weighted by Gasteiger charge is 2.30. The molecule has 1 aromatic heterocycles. The highest BCUT2D eigenvalue weighted by Crippen LogP contribution is 2.30. The first kappa shape index (κ1) is 24.7. The van der Waals surface area contributed by atoms with Gasteiger partial charge in [-0.15, -0.1) is 0 Å². The maximum absolute atomic E-state index is 13.4. The van der Waals surface area contributed by atoms with Gasteiger partial charge >= 0.3 is 6.03 Å². The minimum absolute atomic E-state index is 0.0397. The van der Waals surface area contributed by atoms with Crippen molar-refractivity contribution in [3.8, 4) is 0 Å². The van der Waals surface area contributed by atoms with Gasteiger partial charge in [-0.3, -0.25) is 15.0 Å². The van der Waals surface area contributed by atoms with Gasteiger partial charge in [0.25, 0.3) is 5.91 Å². The number of urea groups is 1. The summed E-state index contributed by atoms with van der Waals surface area (Å²) in [4.78, 5) is 35.0. The molecule has 0 spiro atoms. The van der Waals surface area contributed by atoms with E-state index in [2.05, 4.69) is 69.0 Å². The van der Waals surface area contributed by atoms with E-state index in [1.165, 1.54) is 22.5 Å². The maximum Gasteiger partial charge on any atom is 0.325 e. The van der Waals surface area contributed by atoms with Crippen molar-refractivity contribution in [2.24, 2.45) is 0 Å². The molecule has 1 fully saturated rings. The molecule has 4 aromatic rings. The smallest absolute Gasteiger partial charge is 0.325 e. The first-order chi connectivity index (χ1) is 18.1. The van der Waals surface area contributed by atoms with Crippen LogP contribution in [-0.4, -0.2) is 52.9 Å². The highest BCUT2D eigenvalue weighted by atomic mass is 32.1. The van der Waals surface area contributed by atoms with E-state index in [0.717, 1.165) is 13.1 Å². The first-order valence-electron chi connectivity index (χ1n) is 12.3. The number of carbonyl (C=O) groups excluding carboxylic acids is 2. The van der Waals surface area contributed by atoms with Crippen LogP contribution in [0.15, 0.2) is 91.0 Å². The molecule has 2 heterocycles. The van der Waals surface area contributed by atoms with E-state index in [0.29, 0.717) is 34.5 Å². The lowest BCUT2D eigenvalue weighted by Gasteiger charge is -2.39. The van der Waals surface area contributed by atoms with Gasteiger partial charge in [-0.25, -0.2) is 9.78 Å². The predicted octanol–water partition coefficient (Wildman–Crippen LogP) is 5.64. The average Bonchev–Trinajstić information content (AvgIpc) is 3.30. The Kier molecular flexibility index (Phi) is 7.58. The van der Waals surface area contributed by atoms with Crippen LogP contribution >= 0.6 is 11.3 Å². The van der Waals surface area contributed by atoms with Crippen molar-refractivity contribution in [3.63, 3.8) is 0 Å². The molecule has 0 aliphatic carbocycles. The van der Waals surface area contributed by atoms with E-state index >= 15 is 0 Å². The minimum atomic E-state index is -0.388. The van der Waals surface area contributed by atoms with Gasteiger partial charge in [0.1, 0.15) is 4.88 Å². The average molecular weight is 512 g/mol. The topological polar surface area (TPSA) is 77.6 Å². The Morgan fingerprint density at radius 1 is 0.784 bits per heavy atom. The zero-order chi connectivity index (χ0) is 25.6. The number of carbonyl (C=O) groups is 2. The fourth-order valence-corrected chi connectivity index (χ4v) is 5.57. The number of amides is 3. The van der Waals surface area contributed by atoms with Crippen LogP contribution in [0.3, 0.4) is 0 Å². The Hall–Kier alpha value is -4.01. The Balaban J connectivity index is 1.24. The quantitative estimate of drug-likeness (QED) is 0.351. The second kappa shape index (κ2) is 11.4. The van der Waals surface area contributed by atoms with Crippen molar-refractivity contribution in [2.75, 3.05) is 36.8 Å². The van der Waals surface area contributed by atoms with Gasteiger partial charge < -0.3 is 10.2 Å². The molecule has 0 saturated carbocycles. The lowest BCUT2D eigenvalue weighted by atomic mass is 9.96. The molecule has 1 aliphatic rings. The van der Waals surface area contributed by atoms with Crippen LogP contribution in [0.5, 0.6) is 0 Å². The summed E-state index contributed by atoms with van der Waals surface area (Å²) < 4.78 is 0. The molecule has 188 valence electrons. The van der Waals surface area contributed by atoms with Crippen LogP contribution < -0.4 is 10.6 Å². The molecule has 8 heteroatoms. The van der Waals surface area contributed by atoms with Gasteiger partial charge in [0.15, 0.2) is 5.13 Å². The first-order valence-corrected chi connectivity index (χ1v) is 13.1. The summed E-state index contributed by atoms with van der Waals surface area (Å²) in [7, 11) is 0. The third-order valence-corrected chi connectivity index (χ3v) is 7.50. The molecule has 1 saturated heterocycles. The van der Waals surface area contributed by atoms with Gasteiger partial charge in [-0.05, 0) is 30.2 Å². The monoisotopic (exact) mass is 511 g/mol. The summed E-state index contributed by atoms with van der Waals surface area (Å²) in [5.74, 6) is -0.0397. The molecule has 3 aromatic carbocycles. The normalized spacial score (nSPS) is 13.9. The molecule has 1 aliphatic heterocycles. The Morgan fingerprint density at radius 3 is 1.89 bits per heavy atom. The lowest BCUT2D eigenvalue weighted by Crippen LogP contribution is -2.49. The van der Waals surface area contributed by atoms with E-state index in [9.17, 15) is 9.59 Å². The Morgan fingerprint density at radius 2 is 1.32 bits per heavy atom. The van der Waals surface area contributed by atoms with Crippen molar-refractivity contribution in [1.82, 2.24) is 14.8 Å². The van der Waals surface area contributed by atoms with E-state index in [-0.39, 0.29) is 18.0 Å². The van der Waals surface area contributed by atoms with Crippen LogP contribution in [0.25, 0.3) is 0 Å². The molecule has 5 rings (SSSR count). The van der Waals surface area contributed by atoms with Gasteiger partial charge in [-0.2, -0.15) is 0 Å². The van der Waals surface area contributed by atoms with E-state index in [4.69, 9.17) is 0 Å². The summed E-state index contributed by atoms with van der Waals surface area (Å²) in [5.41, 5.74) is 3.80. The SMILES string of the molecule is Cc1nc(NC(=O)Nc2ccccc2)sc1C(=O)N1CCN(C(c2ccccc2)c2ccccc2)CC1. The molecule has 0 atom stereocenters. The number of aryl methyl sites for hydroxylation is 1. The van der Waals surface area contributed by atoms with Crippen LogP contribution in [-0.2, 0) is 0 Å². The number of rotatable bonds is 6. The number of anilines is 2. The highest BCUT2D eigenvalue weighted by molar-refractivity contribution is 7.17. The van der Waals surface area contributed by atoms with Crippen LogP contribution in [0.1, 0.15) is 32.5 Å². The van der Waals surface area contributed by atoms with Crippen LogP contribution in [0, 0.1) is 6.92 Å². The minimum Gasteiger partial charge on any atom is -0.335 e. The third kappa shape index (κ3) is 5.87. The lowest BCUT2D eigenvalue weighted by molar-refractivity contribution is 0.0601. The van der Waals surface area contributed by atoms with E-state index in [1.807, 2.05) is 35.2 Å². The molecule has 0 bridgehead atoms. The molecular weight excluding hydrogens is 482 g/mol. The van der Waals surface area contributed by atoms with Gasteiger partial charge in [-0.1, -0.05) is 90.2 Å². The van der Waals surface area contributed by atoms with Gasteiger partial charge in [0.2, 0.25) is 0 Å².